The maximum atomic E-state index is 6.35. The van der Waals surface area contributed by atoms with Crippen molar-refractivity contribution in [2.75, 3.05) is 0 Å². The SMILES string of the molecule is c1ccc(-c2nc(-c3ccccc3)nc(-c3ccc4c(c3)sc3c(-c5ccc6c(c5)c5cccc7c5n6-c5ccccc5O7)cccc34)n2)cc1. The lowest BCUT2D eigenvalue weighted by Gasteiger charge is -2.20. The van der Waals surface area contributed by atoms with E-state index in [0.29, 0.717) is 17.5 Å². The Bertz CT molecular complexity index is 2940. The third kappa shape index (κ3) is 4.37. The normalized spacial score (nSPS) is 12.1. The Hall–Kier alpha value is -6.63. The van der Waals surface area contributed by atoms with Crippen LogP contribution in [0.3, 0.4) is 0 Å². The molecule has 0 bridgehead atoms. The van der Waals surface area contributed by atoms with Gasteiger partial charge in [-0.15, -0.1) is 11.3 Å². The Morgan fingerprint density at radius 1 is 0.451 bits per heavy atom. The molecule has 51 heavy (non-hydrogen) atoms. The number of rotatable bonds is 4. The summed E-state index contributed by atoms with van der Waals surface area (Å²) in [5.74, 6) is 3.74. The smallest absolute Gasteiger partial charge is 0.164 e. The molecule has 10 aromatic rings. The summed E-state index contributed by atoms with van der Waals surface area (Å²) in [6, 6.07) is 54.9. The Labute approximate surface area is 296 Å². The van der Waals surface area contributed by atoms with Crippen molar-refractivity contribution in [2.24, 2.45) is 0 Å². The third-order valence-electron chi connectivity index (χ3n) is 9.84. The number of ether oxygens (including phenoxy) is 1. The lowest BCUT2D eigenvalue weighted by molar-refractivity contribution is 0.476. The zero-order chi connectivity index (χ0) is 33.5. The number of benzene rings is 7. The summed E-state index contributed by atoms with van der Waals surface area (Å²) < 4.78 is 11.2. The zero-order valence-electron chi connectivity index (χ0n) is 27.1. The molecule has 0 fully saturated rings. The number of thiophene rings is 1. The quantitative estimate of drug-likeness (QED) is 0.187. The Kier molecular flexibility index (Phi) is 6.05. The standard InChI is InChI=1S/C45H26N4OS/c1-3-11-27(12-4-1)43-46-44(28-13-5-2-6-14-28)48-45(47-43)30-21-23-32-34-17-9-15-31(42(34)51-40(32)26-30)29-22-24-36-35(25-29)33-16-10-20-39-41(33)49(36)37-18-7-8-19-38(37)50-39/h1-26H. The summed E-state index contributed by atoms with van der Waals surface area (Å²) in [4.78, 5) is 14.8. The van der Waals surface area contributed by atoms with Crippen molar-refractivity contribution in [3.05, 3.63) is 158 Å². The van der Waals surface area contributed by atoms with Gasteiger partial charge in [0.05, 0.1) is 16.7 Å². The second-order valence-corrected chi connectivity index (χ2v) is 13.9. The summed E-state index contributed by atoms with van der Waals surface area (Å²) >= 11 is 1.82. The van der Waals surface area contributed by atoms with Crippen LogP contribution in [0.2, 0.25) is 0 Å². The van der Waals surface area contributed by atoms with Crippen molar-refractivity contribution in [3.8, 4) is 62.5 Å². The van der Waals surface area contributed by atoms with Gasteiger partial charge in [-0.2, -0.15) is 0 Å². The lowest BCUT2D eigenvalue weighted by atomic mass is 10.0. The molecule has 1 aliphatic rings. The highest BCUT2D eigenvalue weighted by Crippen LogP contribution is 2.47. The van der Waals surface area contributed by atoms with E-state index < -0.39 is 0 Å². The highest BCUT2D eigenvalue weighted by molar-refractivity contribution is 7.26. The maximum Gasteiger partial charge on any atom is 0.164 e. The van der Waals surface area contributed by atoms with E-state index in [9.17, 15) is 0 Å². The largest absolute Gasteiger partial charge is 0.453 e. The second-order valence-electron chi connectivity index (χ2n) is 12.8. The number of para-hydroxylation sites is 3. The predicted molar refractivity (Wildman–Crippen MR) is 209 cm³/mol. The average Bonchev–Trinajstić information content (AvgIpc) is 3.75. The van der Waals surface area contributed by atoms with Crippen LogP contribution in [0.4, 0.5) is 0 Å². The van der Waals surface area contributed by atoms with Crippen LogP contribution in [0.5, 0.6) is 11.5 Å². The van der Waals surface area contributed by atoms with E-state index in [1.165, 1.54) is 47.6 Å². The molecule has 7 aromatic carbocycles. The molecule has 0 atom stereocenters. The summed E-state index contributed by atoms with van der Waals surface area (Å²) in [5.41, 5.74) is 8.64. The van der Waals surface area contributed by atoms with Crippen molar-refractivity contribution >= 4 is 53.3 Å². The minimum Gasteiger partial charge on any atom is -0.453 e. The summed E-state index contributed by atoms with van der Waals surface area (Å²) in [6.07, 6.45) is 0. The van der Waals surface area contributed by atoms with Gasteiger partial charge < -0.3 is 9.30 Å². The van der Waals surface area contributed by atoms with Crippen molar-refractivity contribution < 1.29 is 4.74 Å². The highest BCUT2D eigenvalue weighted by Gasteiger charge is 2.24. The molecule has 0 spiro atoms. The van der Waals surface area contributed by atoms with Crippen molar-refractivity contribution in [2.45, 2.75) is 0 Å². The predicted octanol–water partition coefficient (Wildman–Crippen LogP) is 12.1. The number of aromatic nitrogens is 4. The molecule has 0 saturated heterocycles. The van der Waals surface area contributed by atoms with Gasteiger partial charge in [0, 0.05) is 47.6 Å². The van der Waals surface area contributed by atoms with Gasteiger partial charge in [0.1, 0.15) is 0 Å². The third-order valence-corrected chi connectivity index (χ3v) is 11.0. The molecule has 0 aliphatic carbocycles. The Morgan fingerprint density at radius 3 is 1.88 bits per heavy atom. The van der Waals surface area contributed by atoms with Gasteiger partial charge in [0.2, 0.25) is 0 Å². The van der Waals surface area contributed by atoms with Crippen LogP contribution >= 0.6 is 11.3 Å². The molecule has 5 nitrogen and oxygen atoms in total. The first-order valence-electron chi connectivity index (χ1n) is 16.9. The van der Waals surface area contributed by atoms with E-state index in [4.69, 9.17) is 19.7 Å². The first-order valence-corrected chi connectivity index (χ1v) is 17.8. The van der Waals surface area contributed by atoms with Crippen molar-refractivity contribution in [1.82, 2.24) is 19.5 Å². The fourth-order valence-corrected chi connectivity index (χ4v) is 8.76. The van der Waals surface area contributed by atoms with Gasteiger partial charge in [-0.25, -0.2) is 15.0 Å². The first-order chi connectivity index (χ1) is 25.3. The molecule has 4 heterocycles. The minimum atomic E-state index is 0.659. The maximum absolute atomic E-state index is 6.35. The van der Waals surface area contributed by atoms with E-state index in [0.717, 1.165) is 39.4 Å². The van der Waals surface area contributed by atoms with Gasteiger partial charge in [-0.05, 0) is 47.5 Å². The van der Waals surface area contributed by atoms with Crippen LogP contribution in [0.1, 0.15) is 0 Å². The number of nitrogens with zero attached hydrogens (tertiary/aromatic N) is 4. The van der Waals surface area contributed by atoms with Crippen LogP contribution in [-0.2, 0) is 0 Å². The molecule has 0 N–H and O–H groups in total. The summed E-state index contributed by atoms with van der Waals surface area (Å²) in [5, 5.41) is 4.87. The van der Waals surface area contributed by atoms with Gasteiger partial charge >= 0.3 is 0 Å². The van der Waals surface area contributed by atoms with Gasteiger partial charge in [-0.3, -0.25) is 0 Å². The van der Waals surface area contributed by atoms with Crippen LogP contribution in [0.25, 0.3) is 93.0 Å². The zero-order valence-corrected chi connectivity index (χ0v) is 27.9. The molecule has 0 unspecified atom stereocenters. The molecule has 1 aliphatic heterocycles. The second kappa shape index (κ2) is 10.9. The molecule has 0 amide bonds. The number of hydrogen-bond donors (Lipinski definition) is 0. The van der Waals surface area contributed by atoms with E-state index in [1.54, 1.807) is 0 Å². The van der Waals surface area contributed by atoms with Gasteiger partial charge in [0.15, 0.2) is 29.0 Å². The van der Waals surface area contributed by atoms with Gasteiger partial charge in [0.25, 0.3) is 0 Å². The Morgan fingerprint density at radius 2 is 1.10 bits per heavy atom. The topological polar surface area (TPSA) is 52.8 Å². The van der Waals surface area contributed by atoms with E-state index in [-0.39, 0.29) is 0 Å². The molecule has 11 rings (SSSR count). The van der Waals surface area contributed by atoms with Crippen molar-refractivity contribution in [1.29, 1.82) is 0 Å². The van der Waals surface area contributed by atoms with E-state index >= 15 is 0 Å². The van der Waals surface area contributed by atoms with E-state index in [1.807, 2.05) is 84.1 Å². The summed E-state index contributed by atoms with van der Waals surface area (Å²) in [7, 11) is 0. The lowest BCUT2D eigenvalue weighted by Crippen LogP contribution is -2.03. The first kappa shape index (κ1) is 28.2. The van der Waals surface area contributed by atoms with Gasteiger partial charge in [-0.1, -0.05) is 121 Å². The molecule has 3 aromatic heterocycles. The van der Waals surface area contributed by atoms with Crippen LogP contribution in [0, 0.1) is 0 Å². The number of fused-ring (bicyclic) bond motifs is 8. The highest BCUT2D eigenvalue weighted by atomic mass is 32.1. The molecule has 238 valence electrons. The molecular weight excluding hydrogens is 645 g/mol. The van der Waals surface area contributed by atoms with Crippen LogP contribution in [0.15, 0.2) is 158 Å². The molecule has 0 radical (unpaired) electrons. The van der Waals surface area contributed by atoms with Crippen LogP contribution in [-0.4, -0.2) is 19.5 Å². The molecular formula is C45H26N4OS. The minimum absolute atomic E-state index is 0.659. The molecule has 6 heteroatoms. The average molecular weight is 671 g/mol. The van der Waals surface area contributed by atoms with Crippen molar-refractivity contribution in [3.63, 3.8) is 0 Å². The molecule has 0 saturated carbocycles. The Balaban J connectivity index is 1.07. The fourth-order valence-electron chi connectivity index (χ4n) is 7.49. The van der Waals surface area contributed by atoms with Crippen LogP contribution < -0.4 is 4.74 Å². The van der Waals surface area contributed by atoms with E-state index in [2.05, 4.69) is 89.5 Å². The summed E-state index contributed by atoms with van der Waals surface area (Å²) in [6.45, 7) is 0. The monoisotopic (exact) mass is 670 g/mol. The fraction of sp³-hybridized carbons (Fsp3) is 0. The number of hydrogen-bond acceptors (Lipinski definition) is 5.